The minimum absolute atomic E-state index is 0.0397. The molecule has 0 aliphatic carbocycles. The number of nitrogens with one attached hydrogen (secondary N) is 1. The van der Waals surface area contributed by atoms with Crippen LogP contribution in [0.15, 0.2) is 30.3 Å². The van der Waals surface area contributed by atoms with Crippen LogP contribution in [0.1, 0.15) is 31.2 Å². The molecule has 2 fully saturated rings. The Morgan fingerprint density at radius 3 is 2.76 bits per heavy atom. The lowest BCUT2D eigenvalue weighted by molar-refractivity contribution is -0.130. The number of hydrogen-bond acceptors (Lipinski definition) is 3. The van der Waals surface area contributed by atoms with Crippen molar-refractivity contribution in [2.45, 2.75) is 37.9 Å². The Bertz CT molecular complexity index is 516. The van der Waals surface area contributed by atoms with Gasteiger partial charge in [0.1, 0.15) is 6.29 Å². The molecule has 2 saturated heterocycles. The molecule has 112 valence electrons. The monoisotopic (exact) mass is 287 g/mol. The van der Waals surface area contributed by atoms with Gasteiger partial charge in [0.2, 0.25) is 5.91 Å². The van der Waals surface area contributed by atoms with E-state index in [1.807, 2.05) is 18.2 Å². The van der Waals surface area contributed by atoms with Crippen LogP contribution in [-0.4, -0.2) is 30.9 Å². The lowest BCUT2D eigenvalue weighted by Crippen LogP contribution is -2.42. The highest BCUT2D eigenvalue weighted by molar-refractivity contribution is 5.83. The van der Waals surface area contributed by atoms with E-state index in [9.17, 15) is 9.59 Å². The summed E-state index contributed by atoms with van der Waals surface area (Å²) in [5.41, 5.74) is 1.20. The molecule has 5 atom stereocenters. The minimum atomic E-state index is -0.302. The molecule has 5 unspecified atom stereocenters. The van der Waals surface area contributed by atoms with Gasteiger partial charge in [-0.05, 0) is 24.3 Å². The maximum absolute atomic E-state index is 12.4. The van der Waals surface area contributed by atoms with Crippen LogP contribution in [0, 0.1) is 11.8 Å². The van der Waals surface area contributed by atoms with Gasteiger partial charge in [0.05, 0.1) is 24.0 Å². The zero-order chi connectivity index (χ0) is 14.8. The maximum atomic E-state index is 12.4. The molecule has 21 heavy (non-hydrogen) atoms. The average molecular weight is 287 g/mol. The summed E-state index contributed by atoms with van der Waals surface area (Å²) in [6.07, 6.45) is 2.57. The summed E-state index contributed by atoms with van der Waals surface area (Å²) in [7, 11) is 0. The van der Waals surface area contributed by atoms with Crippen molar-refractivity contribution in [1.82, 2.24) is 5.32 Å². The number of benzene rings is 1. The predicted molar refractivity (Wildman–Crippen MR) is 78.8 cm³/mol. The predicted octanol–water partition coefficient (Wildman–Crippen LogP) is 1.90. The molecular formula is C17H21NO3. The quantitative estimate of drug-likeness (QED) is 0.842. The first-order valence-corrected chi connectivity index (χ1v) is 7.64. The van der Waals surface area contributed by atoms with Gasteiger partial charge < -0.3 is 14.8 Å². The highest BCUT2D eigenvalue weighted by Crippen LogP contribution is 2.42. The van der Waals surface area contributed by atoms with Gasteiger partial charge in [-0.1, -0.05) is 37.3 Å². The number of carbonyl (C=O) groups excluding carboxylic acids is 2. The van der Waals surface area contributed by atoms with Crippen LogP contribution in [0.5, 0.6) is 0 Å². The van der Waals surface area contributed by atoms with Crippen LogP contribution in [0.4, 0.5) is 0 Å². The smallest absolute Gasteiger partial charge is 0.226 e. The molecule has 4 heteroatoms. The first-order valence-electron chi connectivity index (χ1n) is 7.64. The molecular weight excluding hydrogens is 266 g/mol. The van der Waals surface area contributed by atoms with Gasteiger partial charge in [0.25, 0.3) is 0 Å². The van der Waals surface area contributed by atoms with E-state index in [1.54, 1.807) is 0 Å². The van der Waals surface area contributed by atoms with Crippen molar-refractivity contribution in [3.63, 3.8) is 0 Å². The molecule has 2 aliphatic rings. The number of amides is 1. The van der Waals surface area contributed by atoms with E-state index in [0.717, 1.165) is 19.1 Å². The molecule has 1 N–H and O–H groups in total. The fraction of sp³-hybridized carbons (Fsp3) is 0.529. The molecule has 0 saturated carbocycles. The molecule has 0 aromatic heterocycles. The van der Waals surface area contributed by atoms with Crippen molar-refractivity contribution in [2.75, 3.05) is 6.54 Å². The fourth-order valence-corrected chi connectivity index (χ4v) is 3.50. The molecule has 1 aromatic carbocycles. The van der Waals surface area contributed by atoms with Crippen LogP contribution < -0.4 is 5.32 Å². The zero-order valence-corrected chi connectivity index (χ0v) is 12.2. The van der Waals surface area contributed by atoms with Crippen LogP contribution in [0.3, 0.4) is 0 Å². The van der Waals surface area contributed by atoms with Crippen molar-refractivity contribution in [3.05, 3.63) is 35.9 Å². The molecule has 2 heterocycles. The number of aldehydes is 1. The molecule has 3 rings (SSSR count). The Balaban J connectivity index is 1.58. The lowest BCUT2D eigenvalue weighted by Gasteiger charge is -2.23. The second-order valence-corrected chi connectivity index (χ2v) is 6.09. The van der Waals surface area contributed by atoms with Gasteiger partial charge in [-0.3, -0.25) is 4.79 Å². The van der Waals surface area contributed by atoms with Crippen molar-refractivity contribution < 1.29 is 14.3 Å². The van der Waals surface area contributed by atoms with Crippen molar-refractivity contribution in [1.29, 1.82) is 0 Å². The van der Waals surface area contributed by atoms with Crippen LogP contribution >= 0.6 is 0 Å². The Morgan fingerprint density at radius 2 is 2.05 bits per heavy atom. The molecule has 1 amide bonds. The van der Waals surface area contributed by atoms with E-state index in [-0.39, 0.29) is 35.9 Å². The molecule has 0 spiro atoms. The van der Waals surface area contributed by atoms with Crippen LogP contribution in [-0.2, 0) is 14.3 Å². The van der Waals surface area contributed by atoms with E-state index in [0.29, 0.717) is 6.54 Å². The molecule has 0 radical (unpaired) electrons. The first kappa shape index (κ1) is 14.3. The summed E-state index contributed by atoms with van der Waals surface area (Å²) < 4.78 is 5.71. The number of rotatable bonds is 5. The van der Waals surface area contributed by atoms with Gasteiger partial charge in [-0.15, -0.1) is 0 Å². The van der Waals surface area contributed by atoms with Crippen molar-refractivity contribution >= 4 is 12.2 Å². The summed E-state index contributed by atoms with van der Waals surface area (Å²) in [4.78, 5) is 23.6. The molecule has 1 aromatic rings. The van der Waals surface area contributed by atoms with E-state index in [2.05, 4.69) is 24.4 Å². The van der Waals surface area contributed by atoms with Gasteiger partial charge in [0.15, 0.2) is 0 Å². The number of fused-ring (bicyclic) bond motifs is 2. The van der Waals surface area contributed by atoms with Crippen LogP contribution in [0.2, 0.25) is 0 Å². The maximum Gasteiger partial charge on any atom is 0.226 e. The van der Waals surface area contributed by atoms with Gasteiger partial charge >= 0.3 is 0 Å². The third-order valence-corrected chi connectivity index (χ3v) is 4.74. The number of carbonyl (C=O) groups is 2. The Hall–Kier alpha value is -1.68. The van der Waals surface area contributed by atoms with E-state index in [4.69, 9.17) is 4.74 Å². The van der Waals surface area contributed by atoms with E-state index >= 15 is 0 Å². The third-order valence-electron chi connectivity index (χ3n) is 4.74. The molecule has 4 nitrogen and oxygen atoms in total. The largest absolute Gasteiger partial charge is 0.373 e. The number of hydrogen-bond donors (Lipinski definition) is 1. The summed E-state index contributed by atoms with van der Waals surface area (Å²) >= 11 is 0. The topological polar surface area (TPSA) is 55.4 Å². The molecule has 2 bridgehead atoms. The summed E-state index contributed by atoms with van der Waals surface area (Å²) in [5, 5.41) is 2.99. The highest BCUT2D eigenvalue weighted by Gasteiger charge is 2.52. The fourth-order valence-electron chi connectivity index (χ4n) is 3.50. The summed E-state index contributed by atoms with van der Waals surface area (Å²) in [6, 6.07) is 10.1. The SMILES string of the molecule is CC(CNC(=O)C1C2CCC(O2)C1C=O)c1ccccc1. The van der Waals surface area contributed by atoms with Crippen LogP contribution in [0.25, 0.3) is 0 Å². The Labute approximate surface area is 124 Å². The Morgan fingerprint density at radius 1 is 1.33 bits per heavy atom. The number of ether oxygens (including phenoxy) is 1. The minimum Gasteiger partial charge on any atom is -0.373 e. The molecule has 2 aliphatic heterocycles. The second-order valence-electron chi connectivity index (χ2n) is 6.09. The summed E-state index contributed by atoms with van der Waals surface area (Å²) in [6.45, 7) is 2.67. The van der Waals surface area contributed by atoms with Crippen molar-refractivity contribution in [3.8, 4) is 0 Å². The highest BCUT2D eigenvalue weighted by atomic mass is 16.5. The third kappa shape index (κ3) is 2.72. The zero-order valence-electron chi connectivity index (χ0n) is 12.2. The van der Waals surface area contributed by atoms with Gasteiger partial charge in [0, 0.05) is 6.54 Å². The van der Waals surface area contributed by atoms with E-state index < -0.39 is 0 Å². The lowest BCUT2D eigenvalue weighted by atomic mass is 9.79. The van der Waals surface area contributed by atoms with Crippen molar-refractivity contribution in [2.24, 2.45) is 11.8 Å². The average Bonchev–Trinajstić information content (AvgIpc) is 3.13. The van der Waals surface area contributed by atoms with Gasteiger partial charge in [-0.25, -0.2) is 0 Å². The Kier molecular flexibility index (Phi) is 4.06. The standard InChI is InChI=1S/C17H21NO3/c1-11(12-5-3-2-4-6-12)9-18-17(20)16-13(10-19)14-7-8-15(16)21-14/h2-6,10-11,13-16H,7-9H2,1H3,(H,18,20). The second kappa shape index (κ2) is 5.98. The first-order chi connectivity index (χ1) is 10.2. The van der Waals surface area contributed by atoms with Gasteiger partial charge in [-0.2, -0.15) is 0 Å². The van der Waals surface area contributed by atoms with E-state index in [1.165, 1.54) is 5.56 Å². The normalized spacial score (nSPS) is 31.9. The summed E-state index contributed by atoms with van der Waals surface area (Å²) in [5.74, 6) is -0.355.